The largest absolute Gasteiger partial charge is 0.386 e. The van der Waals surface area contributed by atoms with Crippen molar-refractivity contribution in [2.75, 3.05) is 11.9 Å². The third-order valence-corrected chi connectivity index (χ3v) is 4.22. The summed E-state index contributed by atoms with van der Waals surface area (Å²) in [4.78, 5) is 28.2. The molecule has 1 aromatic carbocycles. The minimum atomic E-state index is -0.653. The first-order valence-corrected chi connectivity index (χ1v) is 9.63. The summed E-state index contributed by atoms with van der Waals surface area (Å²) in [6, 6.07) is 9.08. The first kappa shape index (κ1) is 21.8. The number of anilines is 1. The molecule has 8 nitrogen and oxygen atoms in total. The van der Waals surface area contributed by atoms with E-state index in [1.54, 1.807) is 23.6 Å². The fourth-order valence-electron chi connectivity index (χ4n) is 2.08. The van der Waals surface area contributed by atoms with E-state index in [1.807, 2.05) is 26.8 Å². The standard InChI is InChI=1S/C20H22N6O2S/c1-20(2,3)24-8-7-15(22)18(28)23-11-17(27)26-19-25-16(12-29-19)14-6-4-5-13(9-14)10-21/h4-9,12,22,24H,11H2,1-3H3,(H,23,28)(H,25,26,27)/b8-7-,22-15?. The van der Waals surface area contributed by atoms with E-state index >= 15 is 0 Å². The van der Waals surface area contributed by atoms with Crippen molar-refractivity contribution in [2.45, 2.75) is 26.3 Å². The highest BCUT2D eigenvalue weighted by molar-refractivity contribution is 7.14. The molecule has 0 fully saturated rings. The van der Waals surface area contributed by atoms with Crippen LogP contribution in [0.5, 0.6) is 0 Å². The van der Waals surface area contributed by atoms with Crippen molar-refractivity contribution >= 4 is 34.0 Å². The van der Waals surface area contributed by atoms with Crippen LogP contribution < -0.4 is 16.0 Å². The molecule has 29 heavy (non-hydrogen) atoms. The van der Waals surface area contributed by atoms with E-state index in [0.717, 1.165) is 5.56 Å². The lowest BCUT2D eigenvalue weighted by molar-refractivity contribution is -0.120. The zero-order valence-electron chi connectivity index (χ0n) is 16.4. The van der Waals surface area contributed by atoms with Crippen LogP contribution in [0.3, 0.4) is 0 Å². The first-order valence-electron chi connectivity index (χ1n) is 8.75. The van der Waals surface area contributed by atoms with E-state index in [9.17, 15) is 9.59 Å². The Hall–Kier alpha value is -3.51. The summed E-state index contributed by atoms with van der Waals surface area (Å²) < 4.78 is 0. The molecule has 0 saturated heterocycles. The fraction of sp³-hybridized carbons (Fsp3) is 0.250. The van der Waals surface area contributed by atoms with Gasteiger partial charge in [0.25, 0.3) is 5.91 Å². The number of rotatable bonds is 7. The molecule has 0 unspecified atom stereocenters. The zero-order valence-corrected chi connectivity index (χ0v) is 17.2. The maximum Gasteiger partial charge on any atom is 0.269 e. The highest BCUT2D eigenvalue weighted by Crippen LogP contribution is 2.25. The monoisotopic (exact) mass is 410 g/mol. The van der Waals surface area contributed by atoms with E-state index in [-0.39, 0.29) is 17.8 Å². The molecule has 0 radical (unpaired) electrons. The molecule has 0 aliphatic carbocycles. The summed E-state index contributed by atoms with van der Waals surface area (Å²) in [6.07, 6.45) is 2.86. The SMILES string of the molecule is CC(C)(C)N/C=C\C(=N)C(=O)NCC(=O)Nc1nc(-c2cccc(C#N)c2)cs1. The van der Waals surface area contributed by atoms with Crippen LogP contribution in [-0.4, -0.2) is 34.6 Å². The van der Waals surface area contributed by atoms with Gasteiger partial charge < -0.3 is 16.0 Å². The van der Waals surface area contributed by atoms with Crippen molar-refractivity contribution in [3.8, 4) is 17.3 Å². The highest BCUT2D eigenvalue weighted by atomic mass is 32.1. The van der Waals surface area contributed by atoms with Crippen molar-refractivity contribution < 1.29 is 9.59 Å². The quantitative estimate of drug-likeness (QED) is 0.521. The molecule has 1 aromatic heterocycles. The number of hydrogen-bond donors (Lipinski definition) is 4. The van der Waals surface area contributed by atoms with E-state index in [4.69, 9.17) is 10.7 Å². The number of hydrogen-bond acceptors (Lipinski definition) is 7. The van der Waals surface area contributed by atoms with Gasteiger partial charge in [-0.15, -0.1) is 11.3 Å². The van der Waals surface area contributed by atoms with E-state index < -0.39 is 11.8 Å². The van der Waals surface area contributed by atoms with Gasteiger partial charge in [0.15, 0.2) is 5.13 Å². The Morgan fingerprint density at radius 1 is 1.34 bits per heavy atom. The summed E-state index contributed by atoms with van der Waals surface area (Å²) >= 11 is 1.24. The Kier molecular flexibility index (Phi) is 7.22. The lowest BCUT2D eigenvalue weighted by Gasteiger charge is -2.18. The average Bonchev–Trinajstić information content (AvgIpc) is 3.13. The topological polar surface area (TPSA) is 131 Å². The van der Waals surface area contributed by atoms with Crippen LogP contribution in [0.1, 0.15) is 26.3 Å². The Morgan fingerprint density at radius 2 is 2.10 bits per heavy atom. The van der Waals surface area contributed by atoms with Crippen molar-refractivity contribution in [2.24, 2.45) is 0 Å². The molecule has 0 atom stereocenters. The summed E-state index contributed by atoms with van der Waals surface area (Å²) in [7, 11) is 0. The smallest absolute Gasteiger partial charge is 0.269 e. The van der Waals surface area contributed by atoms with Gasteiger partial charge in [-0.05, 0) is 45.2 Å². The fourth-order valence-corrected chi connectivity index (χ4v) is 2.82. The van der Waals surface area contributed by atoms with Crippen LogP contribution in [0.2, 0.25) is 0 Å². The van der Waals surface area contributed by atoms with Gasteiger partial charge in [0.2, 0.25) is 5.91 Å². The Balaban J connectivity index is 1.85. The number of amides is 2. The molecule has 150 valence electrons. The lowest BCUT2D eigenvalue weighted by atomic mass is 10.1. The maximum absolute atomic E-state index is 12.0. The number of nitriles is 1. The molecule has 0 saturated carbocycles. The number of carbonyl (C=O) groups excluding carboxylic acids is 2. The van der Waals surface area contributed by atoms with Gasteiger partial charge in [-0.25, -0.2) is 4.98 Å². The van der Waals surface area contributed by atoms with Gasteiger partial charge in [-0.1, -0.05) is 12.1 Å². The predicted molar refractivity (Wildman–Crippen MR) is 114 cm³/mol. The molecular weight excluding hydrogens is 388 g/mol. The van der Waals surface area contributed by atoms with Crippen LogP contribution in [-0.2, 0) is 9.59 Å². The van der Waals surface area contributed by atoms with Gasteiger partial charge in [0.05, 0.1) is 23.9 Å². The van der Waals surface area contributed by atoms with Crippen molar-refractivity contribution in [1.29, 1.82) is 10.7 Å². The molecule has 0 aliphatic heterocycles. The van der Waals surface area contributed by atoms with Gasteiger partial charge in [0.1, 0.15) is 5.71 Å². The number of benzene rings is 1. The second-order valence-corrected chi connectivity index (χ2v) is 7.96. The second-order valence-electron chi connectivity index (χ2n) is 7.10. The minimum Gasteiger partial charge on any atom is -0.386 e. The second kappa shape index (κ2) is 9.61. The third-order valence-electron chi connectivity index (χ3n) is 3.46. The van der Waals surface area contributed by atoms with E-state index in [2.05, 4.69) is 27.0 Å². The predicted octanol–water partition coefficient (Wildman–Crippen LogP) is 2.66. The minimum absolute atomic E-state index is 0.171. The molecule has 2 rings (SSSR count). The summed E-state index contributed by atoms with van der Waals surface area (Å²) in [5, 5.41) is 26.8. The number of nitrogens with one attached hydrogen (secondary N) is 4. The normalized spacial score (nSPS) is 11.0. The van der Waals surface area contributed by atoms with Crippen LogP contribution >= 0.6 is 11.3 Å². The third kappa shape index (κ3) is 7.20. The highest BCUT2D eigenvalue weighted by Gasteiger charge is 2.12. The molecular formula is C20H22N6O2S. The number of thiazole rings is 1. The Morgan fingerprint density at radius 3 is 2.79 bits per heavy atom. The van der Waals surface area contributed by atoms with Crippen LogP contribution in [0, 0.1) is 16.7 Å². The van der Waals surface area contributed by atoms with Crippen molar-refractivity contribution in [3.63, 3.8) is 0 Å². The average molecular weight is 411 g/mol. The Bertz CT molecular complexity index is 981. The van der Waals surface area contributed by atoms with Crippen LogP contribution in [0.4, 0.5) is 5.13 Å². The number of nitrogens with zero attached hydrogens (tertiary/aromatic N) is 2. The number of aromatic nitrogens is 1. The lowest BCUT2D eigenvalue weighted by Crippen LogP contribution is -2.36. The summed E-state index contributed by atoms with van der Waals surface area (Å²) in [6.45, 7) is 5.58. The molecule has 4 N–H and O–H groups in total. The van der Waals surface area contributed by atoms with Crippen LogP contribution in [0.25, 0.3) is 11.3 Å². The zero-order chi connectivity index (χ0) is 21.4. The van der Waals surface area contributed by atoms with Crippen LogP contribution in [0.15, 0.2) is 41.9 Å². The molecule has 0 bridgehead atoms. The Labute approximate surface area is 173 Å². The van der Waals surface area contributed by atoms with Crippen molar-refractivity contribution in [1.82, 2.24) is 15.6 Å². The molecule has 2 amide bonds. The van der Waals surface area contributed by atoms with E-state index in [0.29, 0.717) is 16.4 Å². The van der Waals surface area contributed by atoms with Gasteiger partial charge >= 0.3 is 0 Å². The number of carbonyl (C=O) groups is 2. The van der Waals surface area contributed by atoms with Crippen molar-refractivity contribution in [3.05, 3.63) is 47.5 Å². The molecule has 1 heterocycles. The summed E-state index contributed by atoms with van der Waals surface area (Å²) in [5.74, 6) is -1.10. The van der Waals surface area contributed by atoms with Gasteiger partial charge in [-0.2, -0.15) is 5.26 Å². The maximum atomic E-state index is 12.0. The van der Waals surface area contributed by atoms with Gasteiger partial charge in [0, 0.05) is 16.5 Å². The molecule has 0 spiro atoms. The summed E-state index contributed by atoms with van der Waals surface area (Å²) in [5.41, 5.74) is 1.51. The van der Waals surface area contributed by atoms with Gasteiger partial charge in [-0.3, -0.25) is 15.0 Å². The van der Waals surface area contributed by atoms with E-state index in [1.165, 1.54) is 23.6 Å². The molecule has 9 heteroatoms. The first-order chi connectivity index (χ1) is 13.7. The molecule has 2 aromatic rings. The molecule has 0 aliphatic rings.